The zero-order valence-electron chi connectivity index (χ0n) is 6.66. The van der Waals surface area contributed by atoms with Crippen LogP contribution in [-0.2, 0) is 0 Å². The molecule has 0 bridgehead atoms. The minimum absolute atomic E-state index is 0.299. The van der Waals surface area contributed by atoms with Crippen LogP contribution >= 0.6 is 9.24 Å². The van der Waals surface area contributed by atoms with Crippen molar-refractivity contribution in [3.05, 3.63) is 18.0 Å². The van der Waals surface area contributed by atoms with Crippen LogP contribution in [-0.4, -0.2) is 9.78 Å². The van der Waals surface area contributed by atoms with Crippen molar-refractivity contribution < 1.29 is 4.39 Å². The molecule has 0 spiro atoms. The van der Waals surface area contributed by atoms with Crippen LogP contribution < -0.4 is 0 Å². The topological polar surface area (TPSA) is 17.8 Å². The van der Waals surface area contributed by atoms with Crippen LogP contribution in [0.4, 0.5) is 4.39 Å². The number of hydrogen-bond acceptors (Lipinski definition) is 1. The van der Waals surface area contributed by atoms with Crippen molar-refractivity contribution in [2.24, 2.45) is 0 Å². The van der Waals surface area contributed by atoms with Gasteiger partial charge >= 0.3 is 0 Å². The Morgan fingerprint density at radius 1 is 1.64 bits per heavy atom. The minimum atomic E-state index is -1.05. The summed E-state index contributed by atoms with van der Waals surface area (Å²) < 4.78 is 14.3. The Labute approximate surface area is 68.0 Å². The van der Waals surface area contributed by atoms with Gasteiger partial charge in [0.15, 0.2) is 5.91 Å². The molecule has 4 heteroatoms. The fourth-order valence-corrected chi connectivity index (χ4v) is 0.965. The van der Waals surface area contributed by atoms with Crippen LogP contribution in [0.1, 0.15) is 31.5 Å². The van der Waals surface area contributed by atoms with E-state index in [-0.39, 0.29) is 0 Å². The Morgan fingerprint density at radius 2 is 2.27 bits per heavy atom. The molecule has 0 saturated heterocycles. The van der Waals surface area contributed by atoms with Gasteiger partial charge in [-0.15, -0.1) is 0 Å². The molecule has 1 heterocycles. The molecular weight excluding hydrogens is 162 g/mol. The Bertz CT molecular complexity index is 210. The van der Waals surface area contributed by atoms with E-state index in [0.717, 1.165) is 0 Å². The molecule has 0 aromatic carbocycles. The average Bonchev–Trinajstić information content (AvgIpc) is 2.33. The molecule has 2 nitrogen and oxygen atoms in total. The molecule has 1 rings (SSSR count). The smallest absolute Gasteiger partial charge is 0.156 e. The fourth-order valence-electron chi connectivity index (χ4n) is 0.787. The predicted octanol–water partition coefficient (Wildman–Crippen LogP) is 2.31. The maximum Gasteiger partial charge on any atom is 0.156 e. The van der Waals surface area contributed by atoms with Gasteiger partial charge < -0.3 is 0 Å². The second-order valence-corrected chi connectivity index (χ2v) is 3.30. The lowest BCUT2D eigenvalue weighted by Gasteiger charge is -2.03. The molecule has 2 unspecified atom stereocenters. The molecule has 0 N–H and O–H groups in total. The van der Waals surface area contributed by atoms with Crippen LogP contribution in [0.3, 0.4) is 0 Å². The first-order valence-corrected chi connectivity index (χ1v) is 4.22. The fraction of sp³-hybridized carbons (Fsp3) is 0.571. The third kappa shape index (κ3) is 2.00. The third-order valence-corrected chi connectivity index (χ3v) is 1.78. The zero-order valence-corrected chi connectivity index (χ0v) is 7.81. The highest BCUT2D eigenvalue weighted by molar-refractivity contribution is 7.16. The van der Waals surface area contributed by atoms with Crippen LogP contribution in [0, 0.1) is 0 Å². The number of aromatic nitrogens is 2. The van der Waals surface area contributed by atoms with E-state index in [4.69, 9.17) is 0 Å². The van der Waals surface area contributed by atoms with Crippen molar-refractivity contribution in [1.29, 1.82) is 0 Å². The summed E-state index contributed by atoms with van der Waals surface area (Å²) in [5.74, 6) is -1.05. The van der Waals surface area contributed by atoms with E-state index < -0.39 is 5.91 Å². The van der Waals surface area contributed by atoms with Gasteiger partial charge in [0.2, 0.25) is 0 Å². The quantitative estimate of drug-likeness (QED) is 0.629. The average molecular weight is 174 g/mol. The molecule has 62 valence electrons. The first-order chi connectivity index (χ1) is 5.11. The van der Waals surface area contributed by atoms with E-state index in [1.54, 1.807) is 16.9 Å². The number of alkyl halides is 1. The second kappa shape index (κ2) is 3.31. The number of hydrogen-bond donors (Lipinski definition) is 0. The van der Waals surface area contributed by atoms with E-state index in [1.807, 2.05) is 13.8 Å². The Balaban J connectivity index is 2.82. The lowest BCUT2D eigenvalue weighted by atomic mass is 10.4. The van der Waals surface area contributed by atoms with Crippen LogP contribution in [0.2, 0.25) is 0 Å². The molecule has 1 aromatic heterocycles. The Hall–Kier alpha value is -0.430. The van der Waals surface area contributed by atoms with Gasteiger partial charge in [-0.25, -0.2) is 4.39 Å². The third-order valence-electron chi connectivity index (χ3n) is 1.44. The van der Waals surface area contributed by atoms with Crippen LogP contribution in [0.5, 0.6) is 0 Å². The van der Waals surface area contributed by atoms with Crippen LogP contribution in [0.15, 0.2) is 12.3 Å². The molecule has 1 aromatic rings. The van der Waals surface area contributed by atoms with E-state index in [2.05, 4.69) is 14.3 Å². The molecule has 0 aliphatic heterocycles. The Morgan fingerprint density at radius 3 is 2.55 bits per heavy atom. The summed E-state index contributed by atoms with van der Waals surface area (Å²) in [4.78, 5) is 0. The molecule has 0 saturated carbocycles. The minimum Gasteiger partial charge on any atom is -0.270 e. The molecule has 0 aliphatic rings. The first kappa shape index (κ1) is 8.66. The van der Waals surface area contributed by atoms with Gasteiger partial charge in [0.05, 0.1) is 0 Å². The predicted molar refractivity (Wildman–Crippen MR) is 46.2 cm³/mol. The molecule has 2 atom stereocenters. The van der Waals surface area contributed by atoms with Crippen LogP contribution in [0.25, 0.3) is 0 Å². The highest BCUT2D eigenvalue weighted by Crippen LogP contribution is 2.22. The van der Waals surface area contributed by atoms with Gasteiger partial charge in [-0.05, 0) is 19.9 Å². The zero-order chi connectivity index (χ0) is 8.43. The summed E-state index contributed by atoms with van der Waals surface area (Å²) in [5.41, 5.74) is 0.476. The molecule has 0 amide bonds. The van der Waals surface area contributed by atoms with Crippen molar-refractivity contribution in [1.82, 2.24) is 9.78 Å². The summed E-state index contributed by atoms with van der Waals surface area (Å²) in [6.45, 7) is 4.01. The van der Waals surface area contributed by atoms with Crippen molar-refractivity contribution in [2.75, 3.05) is 0 Å². The van der Waals surface area contributed by atoms with Gasteiger partial charge in [0, 0.05) is 12.2 Å². The molecule has 0 aliphatic carbocycles. The first-order valence-electron chi connectivity index (χ1n) is 3.56. The molecular formula is C7H12FN2P. The maximum absolute atomic E-state index is 12.6. The van der Waals surface area contributed by atoms with Gasteiger partial charge in [0.25, 0.3) is 0 Å². The molecule has 0 fully saturated rings. The van der Waals surface area contributed by atoms with Gasteiger partial charge in [0.1, 0.15) is 5.69 Å². The van der Waals surface area contributed by atoms with Gasteiger partial charge in [-0.3, -0.25) is 4.68 Å². The van der Waals surface area contributed by atoms with E-state index in [1.165, 1.54) is 0 Å². The van der Waals surface area contributed by atoms with E-state index >= 15 is 0 Å². The van der Waals surface area contributed by atoms with Crippen molar-refractivity contribution in [3.63, 3.8) is 0 Å². The lowest BCUT2D eigenvalue weighted by Crippen LogP contribution is -2.01. The molecule has 11 heavy (non-hydrogen) atoms. The summed E-state index contributed by atoms with van der Waals surface area (Å²) in [6, 6.07) is 1.99. The van der Waals surface area contributed by atoms with E-state index in [9.17, 15) is 4.39 Å². The van der Waals surface area contributed by atoms with Gasteiger partial charge in [-0.1, -0.05) is 9.24 Å². The van der Waals surface area contributed by atoms with Crippen molar-refractivity contribution in [3.8, 4) is 0 Å². The summed E-state index contributed by atoms with van der Waals surface area (Å²) in [6.07, 6.45) is 1.79. The van der Waals surface area contributed by atoms with Crippen molar-refractivity contribution in [2.45, 2.75) is 25.8 Å². The summed E-state index contributed by atoms with van der Waals surface area (Å²) >= 11 is 0. The van der Waals surface area contributed by atoms with E-state index in [0.29, 0.717) is 11.7 Å². The summed E-state index contributed by atoms with van der Waals surface area (Å²) in [5, 5.41) is 4.03. The number of nitrogens with zero attached hydrogens (tertiary/aromatic N) is 2. The standard InChI is InChI=1S/C7H12FN2P/c1-5(2)10-4-3-6(9-10)7(8)11/h3-5,7H,11H2,1-2H3. The molecule has 0 radical (unpaired) electrons. The number of rotatable bonds is 2. The highest BCUT2D eigenvalue weighted by Gasteiger charge is 2.07. The Kier molecular flexibility index (Phi) is 2.61. The second-order valence-electron chi connectivity index (χ2n) is 2.72. The monoisotopic (exact) mass is 174 g/mol. The normalized spacial score (nSPS) is 13.9. The highest BCUT2D eigenvalue weighted by atomic mass is 31.0. The van der Waals surface area contributed by atoms with Gasteiger partial charge in [-0.2, -0.15) is 5.10 Å². The largest absolute Gasteiger partial charge is 0.270 e. The summed E-state index contributed by atoms with van der Waals surface area (Å²) in [7, 11) is 2.07. The van der Waals surface area contributed by atoms with Crippen molar-refractivity contribution >= 4 is 9.24 Å². The number of halogens is 1. The maximum atomic E-state index is 12.6. The lowest BCUT2D eigenvalue weighted by molar-refractivity contribution is 0.444. The SMILES string of the molecule is CC(C)n1ccc(C(F)P)n1.